The second kappa shape index (κ2) is 4.73. The van der Waals surface area contributed by atoms with E-state index in [1.807, 2.05) is 6.07 Å². The van der Waals surface area contributed by atoms with E-state index >= 15 is 0 Å². The first kappa shape index (κ1) is 11.7. The van der Waals surface area contributed by atoms with E-state index in [1.54, 1.807) is 25.2 Å². The van der Waals surface area contributed by atoms with E-state index in [0.717, 1.165) is 0 Å². The SMILES string of the molecule is CNc1nnc(Cn2nnc3ccccc3c2=O)s1. The van der Waals surface area contributed by atoms with E-state index in [0.29, 0.717) is 21.0 Å². The molecule has 2 heterocycles. The average Bonchev–Trinajstić information content (AvgIpc) is 2.90. The summed E-state index contributed by atoms with van der Waals surface area (Å²) in [6.45, 7) is 0.274. The van der Waals surface area contributed by atoms with Crippen molar-refractivity contribution in [3.63, 3.8) is 0 Å². The molecule has 19 heavy (non-hydrogen) atoms. The molecule has 0 spiro atoms. The van der Waals surface area contributed by atoms with Gasteiger partial charge in [-0.25, -0.2) is 4.68 Å². The molecule has 0 bridgehead atoms. The van der Waals surface area contributed by atoms with Crippen LogP contribution in [0.5, 0.6) is 0 Å². The summed E-state index contributed by atoms with van der Waals surface area (Å²) in [5.41, 5.74) is 0.420. The molecule has 2 aromatic heterocycles. The Morgan fingerprint density at radius 2 is 2.11 bits per heavy atom. The number of anilines is 1. The fourth-order valence-corrected chi connectivity index (χ4v) is 2.35. The van der Waals surface area contributed by atoms with E-state index in [2.05, 4.69) is 25.8 Å². The third-order valence-corrected chi connectivity index (χ3v) is 3.52. The minimum Gasteiger partial charge on any atom is -0.363 e. The van der Waals surface area contributed by atoms with Gasteiger partial charge in [0.1, 0.15) is 17.1 Å². The standard InChI is InChI=1S/C11H10N6OS/c1-12-11-15-14-9(19-11)6-17-10(18)7-4-2-3-5-8(7)13-16-17/h2-5H,6H2,1H3,(H,12,15). The fourth-order valence-electron chi connectivity index (χ4n) is 1.67. The minimum atomic E-state index is -0.174. The normalized spacial score (nSPS) is 10.8. The molecule has 3 aromatic rings. The monoisotopic (exact) mass is 274 g/mol. The Bertz CT molecular complexity index is 780. The van der Waals surface area contributed by atoms with Crippen LogP contribution in [0.3, 0.4) is 0 Å². The van der Waals surface area contributed by atoms with Gasteiger partial charge in [0.2, 0.25) is 5.13 Å². The molecular weight excluding hydrogens is 264 g/mol. The van der Waals surface area contributed by atoms with Crippen molar-refractivity contribution < 1.29 is 0 Å². The van der Waals surface area contributed by atoms with Gasteiger partial charge in [0.15, 0.2) is 0 Å². The van der Waals surface area contributed by atoms with Crippen LogP contribution in [0.1, 0.15) is 5.01 Å². The van der Waals surface area contributed by atoms with Crippen LogP contribution in [-0.4, -0.2) is 32.2 Å². The number of nitrogens with zero attached hydrogens (tertiary/aromatic N) is 5. The van der Waals surface area contributed by atoms with Gasteiger partial charge in [-0.05, 0) is 12.1 Å². The zero-order chi connectivity index (χ0) is 13.2. The molecule has 0 unspecified atom stereocenters. The highest BCUT2D eigenvalue weighted by molar-refractivity contribution is 7.15. The predicted molar refractivity (Wildman–Crippen MR) is 72.4 cm³/mol. The fraction of sp³-hybridized carbons (Fsp3) is 0.182. The van der Waals surface area contributed by atoms with Crippen LogP contribution >= 0.6 is 11.3 Å². The van der Waals surface area contributed by atoms with E-state index in [9.17, 15) is 4.79 Å². The van der Waals surface area contributed by atoms with Crippen molar-refractivity contribution in [2.75, 3.05) is 12.4 Å². The topological polar surface area (TPSA) is 85.6 Å². The van der Waals surface area contributed by atoms with Crippen LogP contribution in [0.15, 0.2) is 29.1 Å². The van der Waals surface area contributed by atoms with Gasteiger partial charge in [-0.15, -0.1) is 15.3 Å². The van der Waals surface area contributed by atoms with Gasteiger partial charge in [-0.2, -0.15) is 0 Å². The van der Waals surface area contributed by atoms with E-state index < -0.39 is 0 Å². The molecule has 7 nitrogen and oxygen atoms in total. The number of aromatic nitrogens is 5. The molecule has 3 rings (SSSR count). The van der Waals surface area contributed by atoms with Gasteiger partial charge < -0.3 is 5.32 Å². The molecule has 0 atom stereocenters. The molecule has 0 aliphatic rings. The number of benzene rings is 1. The lowest BCUT2D eigenvalue weighted by molar-refractivity contribution is 0.596. The molecule has 1 N–H and O–H groups in total. The van der Waals surface area contributed by atoms with Crippen LogP contribution in [0, 0.1) is 0 Å². The Kier molecular flexibility index (Phi) is 2.92. The summed E-state index contributed by atoms with van der Waals surface area (Å²) in [6, 6.07) is 7.13. The summed E-state index contributed by atoms with van der Waals surface area (Å²) < 4.78 is 1.29. The maximum absolute atomic E-state index is 12.2. The summed E-state index contributed by atoms with van der Waals surface area (Å²) in [7, 11) is 1.77. The van der Waals surface area contributed by atoms with Crippen LogP contribution in [0.4, 0.5) is 5.13 Å². The maximum Gasteiger partial charge on any atom is 0.278 e. The Labute approximate surface area is 111 Å². The number of hydrogen-bond donors (Lipinski definition) is 1. The molecule has 96 valence electrons. The third-order valence-electron chi connectivity index (χ3n) is 2.60. The van der Waals surface area contributed by atoms with Crippen molar-refractivity contribution in [3.05, 3.63) is 39.6 Å². The Morgan fingerprint density at radius 3 is 2.89 bits per heavy atom. The molecule has 8 heteroatoms. The smallest absolute Gasteiger partial charge is 0.278 e. The molecule has 0 aliphatic heterocycles. The molecule has 0 amide bonds. The summed E-state index contributed by atoms with van der Waals surface area (Å²) >= 11 is 1.38. The lowest BCUT2D eigenvalue weighted by atomic mass is 10.2. The zero-order valence-corrected chi connectivity index (χ0v) is 10.9. The highest BCUT2D eigenvalue weighted by Gasteiger charge is 2.08. The lowest BCUT2D eigenvalue weighted by Crippen LogP contribution is -2.24. The highest BCUT2D eigenvalue weighted by atomic mass is 32.1. The first-order valence-electron chi connectivity index (χ1n) is 5.60. The van der Waals surface area contributed by atoms with Gasteiger partial charge >= 0.3 is 0 Å². The van der Waals surface area contributed by atoms with Crippen LogP contribution in [0.25, 0.3) is 10.9 Å². The minimum absolute atomic E-state index is 0.174. The van der Waals surface area contributed by atoms with Crippen LogP contribution in [-0.2, 0) is 6.54 Å². The number of rotatable bonds is 3. The predicted octanol–water partition coefficient (Wildman–Crippen LogP) is 0.733. The van der Waals surface area contributed by atoms with E-state index in [-0.39, 0.29) is 12.1 Å². The van der Waals surface area contributed by atoms with Gasteiger partial charge in [-0.1, -0.05) is 28.7 Å². The van der Waals surface area contributed by atoms with E-state index in [4.69, 9.17) is 0 Å². The van der Waals surface area contributed by atoms with Crippen LogP contribution in [0.2, 0.25) is 0 Å². The van der Waals surface area contributed by atoms with Gasteiger partial charge in [0.05, 0.1) is 5.39 Å². The van der Waals surface area contributed by atoms with Gasteiger partial charge in [0.25, 0.3) is 5.56 Å². The number of hydrogen-bond acceptors (Lipinski definition) is 7. The van der Waals surface area contributed by atoms with Crippen molar-refractivity contribution >= 4 is 27.4 Å². The summed E-state index contributed by atoms with van der Waals surface area (Å²) in [6.07, 6.45) is 0. The Balaban J connectivity index is 2.01. The molecule has 0 saturated carbocycles. The lowest BCUT2D eigenvalue weighted by Gasteiger charge is -2.01. The maximum atomic E-state index is 12.2. The van der Waals surface area contributed by atoms with Crippen molar-refractivity contribution in [2.45, 2.75) is 6.54 Å². The second-order valence-corrected chi connectivity index (χ2v) is 4.88. The summed E-state index contributed by atoms with van der Waals surface area (Å²) in [5.74, 6) is 0. The Hall–Kier alpha value is -2.35. The quantitative estimate of drug-likeness (QED) is 0.758. The van der Waals surface area contributed by atoms with Crippen molar-refractivity contribution in [2.24, 2.45) is 0 Å². The third kappa shape index (κ3) is 2.17. The van der Waals surface area contributed by atoms with Gasteiger partial charge in [0, 0.05) is 7.05 Å². The van der Waals surface area contributed by atoms with Crippen molar-refractivity contribution in [3.8, 4) is 0 Å². The summed E-state index contributed by atoms with van der Waals surface area (Å²) in [4.78, 5) is 12.2. The second-order valence-electron chi connectivity index (χ2n) is 3.82. The molecule has 0 aliphatic carbocycles. The van der Waals surface area contributed by atoms with Crippen molar-refractivity contribution in [1.82, 2.24) is 25.2 Å². The van der Waals surface area contributed by atoms with Crippen LogP contribution < -0.4 is 10.9 Å². The summed E-state index contributed by atoms with van der Waals surface area (Å²) in [5, 5.41) is 20.7. The van der Waals surface area contributed by atoms with E-state index in [1.165, 1.54) is 16.0 Å². The molecule has 1 aromatic carbocycles. The average molecular weight is 274 g/mol. The zero-order valence-electron chi connectivity index (χ0n) is 10.1. The highest BCUT2D eigenvalue weighted by Crippen LogP contribution is 2.14. The Morgan fingerprint density at radius 1 is 1.26 bits per heavy atom. The molecule has 0 fully saturated rings. The number of nitrogens with one attached hydrogen (secondary N) is 1. The molecular formula is C11H10N6OS. The first-order chi connectivity index (χ1) is 9.28. The van der Waals surface area contributed by atoms with Gasteiger partial charge in [-0.3, -0.25) is 4.79 Å². The molecule has 0 saturated heterocycles. The van der Waals surface area contributed by atoms with Crippen molar-refractivity contribution in [1.29, 1.82) is 0 Å². The first-order valence-corrected chi connectivity index (χ1v) is 6.42. The number of fused-ring (bicyclic) bond motifs is 1. The largest absolute Gasteiger partial charge is 0.363 e. The molecule has 0 radical (unpaired) electrons.